The Morgan fingerprint density at radius 1 is 1.58 bits per heavy atom. The number of rotatable bonds is 2. The lowest BCUT2D eigenvalue weighted by Crippen LogP contribution is -2.17. The molecule has 2 atom stereocenters. The van der Waals surface area contributed by atoms with Crippen molar-refractivity contribution in [3.05, 3.63) is 11.9 Å². The predicted molar refractivity (Wildman–Crippen MR) is 49.0 cm³/mol. The van der Waals surface area contributed by atoms with Crippen LogP contribution in [0, 0.1) is 0 Å². The van der Waals surface area contributed by atoms with Crippen molar-refractivity contribution in [1.29, 1.82) is 0 Å². The van der Waals surface area contributed by atoms with Gasteiger partial charge in [-0.05, 0) is 31.6 Å². The Hall–Kier alpha value is -0.110. The lowest BCUT2D eigenvalue weighted by molar-refractivity contribution is 0.0749. The zero-order valence-corrected chi connectivity index (χ0v) is 8.33. The molecule has 0 aromatic carbocycles. The van der Waals surface area contributed by atoms with Gasteiger partial charge in [-0.25, -0.2) is 0 Å². The molecule has 1 rings (SSSR count). The van der Waals surface area contributed by atoms with Crippen LogP contribution in [0.15, 0.2) is 11.9 Å². The first-order valence-corrected chi connectivity index (χ1v) is 6.70. The van der Waals surface area contributed by atoms with Gasteiger partial charge >= 0.3 is 0 Å². The van der Waals surface area contributed by atoms with Crippen LogP contribution in [0.25, 0.3) is 0 Å². The molecular weight excluding hydrogens is 175 g/mol. The number of aliphatic hydroxyl groups is 1. The lowest BCUT2D eigenvalue weighted by atomic mass is 10.2. The van der Waals surface area contributed by atoms with Gasteiger partial charge in [0.1, 0.15) is 13.2 Å². The molecule has 0 aromatic heterocycles. The van der Waals surface area contributed by atoms with Gasteiger partial charge in [-0.3, -0.25) is 0 Å². The zero-order chi connectivity index (χ0) is 9.19. The summed E-state index contributed by atoms with van der Waals surface area (Å²) in [6.07, 6.45) is 1.71. The largest absolute Gasteiger partial charge is 0.390 e. The van der Waals surface area contributed by atoms with Gasteiger partial charge in [-0.1, -0.05) is 0 Å². The molecule has 1 N–H and O–H groups in total. The molecule has 3 nitrogen and oxygen atoms in total. The number of ether oxygens (including phenoxy) is 1. The van der Waals surface area contributed by atoms with Crippen molar-refractivity contribution < 1.29 is 14.4 Å². The van der Waals surface area contributed by atoms with E-state index >= 15 is 0 Å². The Balaban J connectivity index is 2.51. The summed E-state index contributed by atoms with van der Waals surface area (Å²) in [6.45, 7) is 3.96. The summed E-state index contributed by atoms with van der Waals surface area (Å²) in [6, 6.07) is 0. The maximum Gasteiger partial charge on any atom is 0.102 e. The molecule has 0 saturated carbocycles. The molecule has 4 heteroatoms. The van der Waals surface area contributed by atoms with E-state index in [4.69, 9.17) is 4.74 Å². The van der Waals surface area contributed by atoms with E-state index in [1.54, 1.807) is 25.2 Å². The first kappa shape index (κ1) is 9.97. The molecule has 1 fully saturated rings. The van der Waals surface area contributed by atoms with Crippen molar-refractivity contribution in [2.45, 2.75) is 18.6 Å². The summed E-state index contributed by atoms with van der Waals surface area (Å²) in [7, 11) is -2.12. The van der Waals surface area contributed by atoms with Crippen molar-refractivity contribution in [3.8, 4) is 0 Å². The Bertz CT molecular complexity index is 218. The minimum absolute atomic E-state index is 0.252. The van der Waals surface area contributed by atoms with Crippen molar-refractivity contribution in [2.24, 2.45) is 0 Å². The highest BCUT2D eigenvalue weighted by Gasteiger charge is 2.23. The molecule has 0 radical (unpaired) electrons. The molecule has 0 spiro atoms. The lowest BCUT2D eigenvalue weighted by Gasteiger charge is -2.08. The third-order valence-electron chi connectivity index (χ3n) is 1.74. The van der Waals surface area contributed by atoms with Crippen LogP contribution in [0.1, 0.15) is 6.42 Å². The molecule has 0 aliphatic carbocycles. The quantitative estimate of drug-likeness (QED) is 0.667. The van der Waals surface area contributed by atoms with Crippen molar-refractivity contribution in [1.82, 2.24) is 0 Å². The Morgan fingerprint density at radius 2 is 2.25 bits per heavy atom. The van der Waals surface area contributed by atoms with E-state index in [9.17, 15) is 9.67 Å². The predicted octanol–water partition coefficient (Wildman–Crippen LogP) is 1.27. The van der Waals surface area contributed by atoms with E-state index in [0.717, 1.165) is 0 Å². The van der Waals surface area contributed by atoms with E-state index in [1.807, 2.05) is 0 Å². The highest BCUT2D eigenvalue weighted by Crippen LogP contribution is 2.38. The van der Waals surface area contributed by atoms with Gasteiger partial charge < -0.3 is 14.4 Å². The van der Waals surface area contributed by atoms with Crippen LogP contribution in [0.2, 0.25) is 0 Å². The van der Waals surface area contributed by atoms with E-state index in [0.29, 0.717) is 13.0 Å². The fourth-order valence-corrected chi connectivity index (χ4v) is 1.66. The second-order valence-corrected chi connectivity index (χ2v) is 6.63. The van der Waals surface area contributed by atoms with Crippen molar-refractivity contribution in [2.75, 3.05) is 19.9 Å². The minimum atomic E-state index is -2.12. The van der Waals surface area contributed by atoms with Crippen LogP contribution in [-0.4, -0.2) is 37.3 Å². The Kier molecular flexibility index (Phi) is 3.10. The molecule has 1 heterocycles. The maximum atomic E-state index is 11.3. The van der Waals surface area contributed by atoms with E-state index in [2.05, 4.69) is 0 Å². The number of hydrogen-bond donors (Lipinski definition) is 1. The van der Waals surface area contributed by atoms with Crippen LogP contribution in [0.5, 0.6) is 0 Å². The smallest absolute Gasteiger partial charge is 0.102 e. The van der Waals surface area contributed by atoms with E-state index in [1.165, 1.54) is 0 Å². The molecule has 0 aromatic rings. The highest BCUT2D eigenvalue weighted by atomic mass is 31.2. The first-order chi connectivity index (χ1) is 5.49. The number of hydrogen-bond acceptors (Lipinski definition) is 3. The molecule has 1 aliphatic heterocycles. The summed E-state index contributed by atoms with van der Waals surface area (Å²) in [5, 5.41) is 9.32. The van der Waals surface area contributed by atoms with Crippen LogP contribution in [-0.2, 0) is 9.30 Å². The first-order valence-electron chi connectivity index (χ1n) is 4.03. The van der Waals surface area contributed by atoms with Crippen molar-refractivity contribution in [3.63, 3.8) is 0 Å². The number of aliphatic hydroxyl groups excluding tert-OH is 1. The van der Waals surface area contributed by atoms with Gasteiger partial charge in [-0.2, -0.15) is 0 Å². The molecule has 1 saturated heterocycles. The Morgan fingerprint density at radius 3 is 2.67 bits per heavy atom. The summed E-state index contributed by atoms with van der Waals surface area (Å²) < 4.78 is 16.5. The average molecular weight is 190 g/mol. The van der Waals surface area contributed by atoms with Gasteiger partial charge in [-0.15, -0.1) is 0 Å². The van der Waals surface area contributed by atoms with Gasteiger partial charge in [0.05, 0.1) is 12.7 Å². The molecule has 0 amide bonds. The molecule has 0 bridgehead atoms. The van der Waals surface area contributed by atoms with Gasteiger partial charge in [0.2, 0.25) is 0 Å². The normalized spacial score (nSPS) is 31.6. The van der Waals surface area contributed by atoms with Gasteiger partial charge in [0.15, 0.2) is 0 Å². The second kappa shape index (κ2) is 3.73. The average Bonchev–Trinajstić information content (AvgIpc) is 2.29. The summed E-state index contributed by atoms with van der Waals surface area (Å²) in [4.78, 5) is 0. The van der Waals surface area contributed by atoms with Crippen LogP contribution in [0.3, 0.4) is 0 Å². The van der Waals surface area contributed by atoms with Gasteiger partial charge in [0, 0.05) is 0 Å². The van der Waals surface area contributed by atoms with Crippen LogP contribution in [0.4, 0.5) is 0 Å². The van der Waals surface area contributed by atoms with Crippen molar-refractivity contribution >= 4 is 7.14 Å². The standard InChI is InChI=1S/C8H15O3P/c1-12(2,10)6-4-8-7(9)3-5-11-8/h4,6-9H,3,5H2,1-2H3/b6-4+/t7?,8-/m1/s1. The zero-order valence-electron chi connectivity index (χ0n) is 7.43. The summed E-state index contributed by atoms with van der Waals surface area (Å²) in [5.74, 6) is 1.65. The van der Waals surface area contributed by atoms with E-state index < -0.39 is 13.2 Å². The highest BCUT2D eigenvalue weighted by molar-refractivity contribution is 7.65. The molecule has 1 aliphatic rings. The maximum absolute atomic E-state index is 11.3. The minimum Gasteiger partial charge on any atom is -0.390 e. The second-order valence-electron chi connectivity index (χ2n) is 3.47. The summed E-state index contributed by atoms with van der Waals surface area (Å²) >= 11 is 0. The van der Waals surface area contributed by atoms with Crippen LogP contribution >= 0.6 is 7.14 Å². The molecule has 70 valence electrons. The third-order valence-corrected chi connectivity index (χ3v) is 2.63. The SMILES string of the molecule is CP(C)(=O)/C=C/[C@H]1OCCC1O. The molecular formula is C8H15O3P. The van der Waals surface area contributed by atoms with Gasteiger partial charge in [0.25, 0.3) is 0 Å². The molecule has 12 heavy (non-hydrogen) atoms. The fourth-order valence-electron chi connectivity index (χ4n) is 1.08. The third kappa shape index (κ3) is 3.10. The monoisotopic (exact) mass is 190 g/mol. The topological polar surface area (TPSA) is 46.5 Å². The fraction of sp³-hybridized carbons (Fsp3) is 0.750. The molecule has 1 unspecified atom stereocenters. The van der Waals surface area contributed by atoms with E-state index in [-0.39, 0.29) is 6.10 Å². The summed E-state index contributed by atoms with van der Waals surface area (Å²) in [5.41, 5.74) is 0. The van der Waals surface area contributed by atoms with Crippen LogP contribution < -0.4 is 0 Å². The Labute approximate surface area is 72.8 Å².